The number of amides is 2. The molecular weight excluding hydrogens is 388 g/mol. The van der Waals surface area contributed by atoms with Gasteiger partial charge in [0.25, 0.3) is 5.91 Å². The third-order valence-electron chi connectivity index (χ3n) is 5.57. The van der Waals surface area contributed by atoms with Gasteiger partial charge in [0.15, 0.2) is 0 Å². The molecular formula is C22H23ClN4O2. The minimum absolute atomic E-state index is 0.0437. The summed E-state index contributed by atoms with van der Waals surface area (Å²) in [7, 11) is 1.86. The van der Waals surface area contributed by atoms with Crippen molar-refractivity contribution >= 4 is 40.1 Å². The van der Waals surface area contributed by atoms with Gasteiger partial charge in [0.1, 0.15) is 11.5 Å². The number of likely N-dealkylation sites (tertiary alicyclic amines) is 1. The fourth-order valence-electron chi connectivity index (χ4n) is 3.91. The number of pyridine rings is 1. The number of hydrogen-bond donors (Lipinski definition) is 1. The second-order valence-corrected chi connectivity index (χ2v) is 7.89. The smallest absolute Gasteiger partial charge is 0.272 e. The van der Waals surface area contributed by atoms with Gasteiger partial charge in [-0.05, 0) is 43.5 Å². The lowest BCUT2D eigenvalue weighted by Crippen LogP contribution is -2.42. The zero-order valence-corrected chi connectivity index (χ0v) is 17.2. The number of aryl methyl sites for hydroxylation is 2. The average Bonchev–Trinajstić information content (AvgIpc) is 2.98. The van der Waals surface area contributed by atoms with Crippen molar-refractivity contribution in [2.45, 2.75) is 19.8 Å². The number of benzene rings is 1. The van der Waals surface area contributed by atoms with E-state index in [1.54, 1.807) is 11.1 Å². The highest BCUT2D eigenvalue weighted by molar-refractivity contribution is 6.38. The molecule has 1 saturated heterocycles. The Morgan fingerprint density at radius 3 is 2.59 bits per heavy atom. The van der Waals surface area contributed by atoms with Gasteiger partial charge in [-0.3, -0.25) is 9.59 Å². The molecule has 6 nitrogen and oxygen atoms in total. The van der Waals surface area contributed by atoms with Crippen molar-refractivity contribution < 1.29 is 9.59 Å². The maximum atomic E-state index is 13.1. The number of carbonyl (C=O) groups is 2. The van der Waals surface area contributed by atoms with E-state index in [1.807, 2.05) is 54.9 Å². The lowest BCUT2D eigenvalue weighted by Gasteiger charge is -2.31. The van der Waals surface area contributed by atoms with E-state index < -0.39 is 0 Å². The number of halogens is 1. The Bertz CT molecular complexity index is 1040. The van der Waals surface area contributed by atoms with E-state index in [0.717, 1.165) is 16.5 Å². The number of aromatic nitrogens is 2. The van der Waals surface area contributed by atoms with Crippen molar-refractivity contribution in [2.75, 3.05) is 18.4 Å². The van der Waals surface area contributed by atoms with Crippen LogP contribution in [-0.2, 0) is 11.8 Å². The summed E-state index contributed by atoms with van der Waals surface area (Å²) in [6.45, 7) is 3.01. The molecule has 29 heavy (non-hydrogen) atoms. The van der Waals surface area contributed by atoms with Crippen LogP contribution >= 0.6 is 11.6 Å². The fourth-order valence-corrected chi connectivity index (χ4v) is 4.28. The molecule has 0 unspecified atom stereocenters. The number of fused-ring (bicyclic) bond motifs is 1. The summed E-state index contributed by atoms with van der Waals surface area (Å²) in [4.78, 5) is 31.7. The monoisotopic (exact) mass is 410 g/mol. The number of piperidine rings is 1. The van der Waals surface area contributed by atoms with Gasteiger partial charge in [-0.15, -0.1) is 0 Å². The van der Waals surface area contributed by atoms with Crippen LogP contribution in [0.4, 0.5) is 5.82 Å². The normalized spacial score (nSPS) is 14.9. The maximum absolute atomic E-state index is 13.1. The van der Waals surface area contributed by atoms with Gasteiger partial charge in [-0.25, -0.2) is 4.98 Å². The van der Waals surface area contributed by atoms with E-state index in [2.05, 4.69) is 10.3 Å². The molecule has 0 saturated carbocycles. The Morgan fingerprint density at radius 2 is 1.90 bits per heavy atom. The number of carbonyl (C=O) groups excluding carboxylic acids is 2. The van der Waals surface area contributed by atoms with Gasteiger partial charge in [-0.2, -0.15) is 0 Å². The van der Waals surface area contributed by atoms with Crippen molar-refractivity contribution in [1.82, 2.24) is 14.5 Å². The quantitative estimate of drug-likeness (QED) is 0.708. The molecule has 4 rings (SSSR count). The summed E-state index contributed by atoms with van der Waals surface area (Å²) in [5.41, 5.74) is 2.48. The molecule has 3 heterocycles. The number of nitrogens with one attached hydrogen (secondary N) is 1. The number of para-hydroxylation sites is 1. The fraction of sp³-hybridized carbons (Fsp3) is 0.318. The molecule has 0 aliphatic carbocycles. The summed E-state index contributed by atoms with van der Waals surface area (Å²) in [6.07, 6.45) is 2.91. The maximum Gasteiger partial charge on any atom is 0.272 e. The van der Waals surface area contributed by atoms with Crippen LogP contribution in [0.3, 0.4) is 0 Å². The lowest BCUT2D eigenvalue weighted by atomic mass is 9.95. The Labute approximate surface area is 174 Å². The van der Waals surface area contributed by atoms with E-state index in [-0.39, 0.29) is 17.7 Å². The zero-order valence-electron chi connectivity index (χ0n) is 16.5. The molecule has 0 spiro atoms. The second-order valence-electron chi connectivity index (χ2n) is 7.51. The molecule has 0 bridgehead atoms. The van der Waals surface area contributed by atoms with E-state index >= 15 is 0 Å². The van der Waals surface area contributed by atoms with Gasteiger partial charge in [0.2, 0.25) is 5.91 Å². The third-order valence-corrected chi connectivity index (χ3v) is 5.95. The zero-order chi connectivity index (χ0) is 20.5. The summed E-state index contributed by atoms with van der Waals surface area (Å²) in [5.74, 6) is 0.297. The SMILES string of the molecule is Cc1ccnc(NC(=O)C2CCN(C(=O)c3c(Cl)c4ccccc4n3C)CC2)c1. The minimum Gasteiger partial charge on any atom is -0.338 e. The van der Waals surface area contributed by atoms with E-state index in [9.17, 15) is 9.59 Å². The number of anilines is 1. The first-order chi connectivity index (χ1) is 14.0. The van der Waals surface area contributed by atoms with E-state index in [4.69, 9.17) is 11.6 Å². The first-order valence-electron chi connectivity index (χ1n) is 9.71. The molecule has 1 fully saturated rings. The van der Waals surface area contributed by atoms with E-state index in [0.29, 0.717) is 42.5 Å². The van der Waals surface area contributed by atoms with Crippen molar-refractivity contribution in [3.8, 4) is 0 Å². The number of hydrogen-bond acceptors (Lipinski definition) is 3. The van der Waals surface area contributed by atoms with Gasteiger partial charge < -0.3 is 14.8 Å². The van der Waals surface area contributed by atoms with Crippen molar-refractivity contribution in [1.29, 1.82) is 0 Å². The van der Waals surface area contributed by atoms with E-state index in [1.165, 1.54) is 0 Å². The topological polar surface area (TPSA) is 67.2 Å². The van der Waals surface area contributed by atoms with Crippen LogP contribution in [0.1, 0.15) is 28.9 Å². The highest BCUT2D eigenvalue weighted by Crippen LogP contribution is 2.31. The van der Waals surface area contributed by atoms with Crippen molar-refractivity contribution in [3.63, 3.8) is 0 Å². The Balaban J connectivity index is 1.43. The van der Waals surface area contributed by atoms with Crippen LogP contribution in [0.15, 0.2) is 42.6 Å². The van der Waals surface area contributed by atoms with Gasteiger partial charge in [0.05, 0.1) is 5.02 Å². The molecule has 0 radical (unpaired) electrons. The molecule has 1 aliphatic heterocycles. The van der Waals surface area contributed by atoms with Crippen LogP contribution < -0.4 is 5.32 Å². The number of nitrogens with zero attached hydrogens (tertiary/aromatic N) is 3. The summed E-state index contributed by atoms with van der Waals surface area (Å²) in [6, 6.07) is 11.4. The van der Waals surface area contributed by atoms with Crippen molar-refractivity contribution in [2.24, 2.45) is 13.0 Å². The lowest BCUT2D eigenvalue weighted by molar-refractivity contribution is -0.121. The molecule has 0 atom stereocenters. The molecule has 150 valence electrons. The number of rotatable bonds is 3. The van der Waals surface area contributed by atoms with Crippen molar-refractivity contribution in [3.05, 3.63) is 58.9 Å². The standard InChI is InChI=1S/C22H23ClN4O2/c1-14-7-10-24-18(13-14)25-21(28)15-8-11-27(12-9-15)22(29)20-19(23)16-5-3-4-6-17(16)26(20)2/h3-7,10,13,15H,8-9,11-12H2,1-2H3,(H,24,25,28). The van der Waals surface area contributed by atoms with Crippen LogP contribution in [-0.4, -0.2) is 39.4 Å². The summed E-state index contributed by atoms with van der Waals surface area (Å²) >= 11 is 6.52. The molecule has 1 aromatic carbocycles. The molecule has 1 N–H and O–H groups in total. The summed E-state index contributed by atoms with van der Waals surface area (Å²) in [5, 5.41) is 4.25. The highest BCUT2D eigenvalue weighted by atomic mass is 35.5. The second kappa shape index (κ2) is 7.87. The average molecular weight is 411 g/mol. The predicted molar refractivity (Wildman–Crippen MR) is 114 cm³/mol. The Hall–Kier alpha value is -2.86. The van der Waals surface area contributed by atoms with Gasteiger partial charge in [0, 0.05) is 43.2 Å². The third kappa shape index (κ3) is 3.72. The van der Waals surface area contributed by atoms with Gasteiger partial charge in [-0.1, -0.05) is 29.8 Å². The molecule has 3 aromatic rings. The van der Waals surface area contributed by atoms with Gasteiger partial charge >= 0.3 is 0 Å². The van der Waals surface area contributed by atoms with Crippen LogP contribution in [0.2, 0.25) is 5.02 Å². The summed E-state index contributed by atoms with van der Waals surface area (Å²) < 4.78 is 1.85. The largest absolute Gasteiger partial charge is 0.338 e. The first kappa shape index (κ1) is 19.5. The Kier molecular flexibility index (Phi) is 5.28. The Morgan fingerprint density at radius 1 is 1.17 bits per heavy atom. The molecule has 7 heteroatoms. The molecule has 2 amide bonds. The highest BCUT2D eigenvalue weighted by Gasteiger charge is 2.30. The molecule has 2 aromatic heterocycles. The minimum atomic E-state index is -0.135. The van der Waals surface area contributed by atoms with Crippen LogP contribution in [0.5, 0.6) is 0 Å². The first-order valence-corrected chi connectivity index (χ1v) is 10.1. The van der Waals surface area contributed by atoms with Crippen LogP contribution in [0.25, 0.3) is 10.9 Å². The predicted octanol–water partition coefficient (Wildman–Crippen LogP) is 4.03. The van der Waals surface area contributed by atoms with Crippen LogP contribution in [0, 0.1) is 12.8 Å². The molecule has 1 aliphatic rings.